The van der Waals surface area contributed by atoms with Crippen LogP contribution >= 0.6 is 0 Å². The molecule has 19 heavy (non-hydrogen) atoms. The third-order valence-corrected chi connectivity index (χ3v) is 4.46. The number of rotatable bonds is 6. The van der Waals surface area contributed by atoms with Crippen molar-refractivity contribution < 1.29 is 21.2 Å². The van der Waals surface area contributed by atoms with Gasteiger partial charge in [0.15, 0.2) is 0 Å². The minimum Gasteiger partial charge on any atom is -0.326 e. The van der Waals surface area contributed by atoms with Crippen LogP contribution in [0.4, 0.5) is 4.39 Å². The predicted octanol–water partition coefficient (Wildman–Crippen LogP) is -1.15. The lowest BCUT2D eigenvalue weighted by molar-refractivity contribution is 0.579. The molecule has 1 aromatic carbocycles. The van der Waals surface area contributed by atoms with Crippen LogP contribution in [0.25, 0.3) is 0 Å². The Labute approximate surface area is 110 Å². The summed E-state index contributed by atoms with van der Waals surface area (Å²) < 4.78 is 60.2. The molecule has 0 atom stereocenters. The van der Waals surface area contributed by atoms with Crippen molar-refractivity contribution in [2.45, 2.75) is 11.4 Å². The summed E-state index contributed by atoms with van der Waals surface area (Å²) in [5.41, 5.74) is 5.32. The van der Waals surface area contributed by atoms with E-state index in [0.717, 1.165) is 18.2 Å². The van der Waals surface area contributed by atoms with Crippen LogP contribution in [-0.4, -0.2) is 29.1 Å². The summed E-state index contributed by atoms with van der Waals surface area (Å²) >= 11 is 0. The minimum absolute atomic E-state index is 0.0503. The van der Waals surface area contributed by atoms with Gasteiger partial charge in [-0.05, 0) is 18.2 Å². The molecule has 0 aliphatic rings. The van der Waals surface area contributed by atoms with Crippen LogP contribution in [-0.2, 0) is 26.6 Å². The first-order valence-electron chi connectivity index (χ1n) is 5.14. The van der Waals surface area contributed by atoms with E-state index in [1.807, 2.05) is 0 Å². The first kappa shape index (κ1) is 16.0. The topological polar surface area (TPSA) is 132 Å². The molecule has 7 nitrogen and oxygen atoms in total. The van der Waals surface area contributed by atoms with Crippen molar-refractivity contribution >= 4 is 20.0 Å². The molecule has 0 aliphatic carbocycles. The molecule has 1 rings (SSSR count). The molecule has 0 spiro atoms. The SMILES string of the molecule is NCc1cc(S(=O)(=O)NCCS(N)(=O)=O)ccc1F. The molecule has 0 heterocycles. The monoisotopic (exact) mass is 311 g/mol. The fourth-order valence-corrected chi connectivity index (χ4v) is 2.87. The molecule has 5 N–H and O–H groups in total. The van der Waals surface area contributed by atoms with Gasteiger partial charge in [-0.15, -0.1) is 0 Å². The molecule has 1 aromatic rings. The Balaban J connectivity index is 2.89. The molecule has 0 radical (unpaired) electrons. The molecular formula is C9H14FN3O4S2. The summed E-state index contributed by atoms with van der Waals surface area (Å²) in [6.45, 7) is -0.511. The predicted molar refractivity (Wildman–Crippen MR) is 67.5 cm³/mol. The number of primary sulfonamides is 1. The molecule has 108 valence electrons. The highest BCUT2D eigenvalue weighted by Crippen LogP contribution is 2.14. The van der Waals surface area contributed by atoms with Gasteiger partial charge in [0, 0.05) is 18.7 Å². The molecule has 0 saturated heterocycles. The zero-order valence-electron chi connectivity index (χ0n) is 9.84. The van der Waals surface area contributed by atoms with Gasteiger partial charge in [-0.25, -0.2) is 31.1 Å². The standard InChI is InChI=1S/C9H14FN3O4S2/c10-9-2-1-8(5-7(9)6-11)19(16,17)13-3-4-18(12,14)15/h1-2,5,13H,3-4,6,11H2,(H2,12,14,15). The van der Waals surface area contributed by atoms with Gasteiger partial charge >= 0.3 is 0 Å². The van der Waals surface area contributed by atoms with Crippen molar-refractivity contribution in [2.24, 2.45) is 10.9 Å². The molecule has 0 unspecified atom stereocenters. The van der Waals surface area contributed by atoms with Crippen LogP contribution in [0.15, 0.2) is 23.1 Å². The second-order valence-corrected chi connectivity index (χ2v) is 7.22. The summed E-state index contributed by atoms with van der Waals surface area (Å²) in [6.07, 6.45) is 0. The van der Waals surface area contributed by atoms with E-state index in [1.54, 1.807) is 0 Å². The highest BCUT2D eigenvalue weighted by molar-refractivity contribution is 7.90. The zero-order chi connectivity index (χ0) is 14.7. The van der Waals surface area contributed by atoms with E-state index in [-0.39, 0.29) is 23.5 Å². The molecule has 0 fully saturated rings. The molecule has 0 amide bonds. The Morgan fingerprint density at radius 3 is 2.37 bits per heavy atom. The van der Waals surface area contributed by atoms with Crippen LogP contribution in [0.3, 0.4) is 0 Å². The van der Waals surface area contributed by atoms with Gasteiger partial charge in [0.25, 0.3) is 0 Å². The summed E-state index contributed by atoms with van der Waals surface area (Å²) in [5.74, 6) is -1.14. The second-order valence-electron chi connectivity index (χ2n) is 3.72. The van der Waals surface area contributed by atoms with Crippen LogP contribution < -0.4 is 15.6 Å². The normalized spacial score (nSPS) is 12.6. The van der Waals surface area contributed by atoms with Gasteiger partial charge in [0.05, 0.1) is 10.6 Å². The maximum Gasteiger partial charge on any atom is 0.240 e. The van der Waals surface area contributed by atoms with E-state index in [1.165, 1.54) is 0 Å². The summed E-state index contributed by atoms with van der Waals surface area (Å²) in [5, 5.41) is 4.74. The molecule has 0 aliphatic heterocycles. The summed E-state index contributed by atoms with van der Waals surface area (Å²) in [4.78, 5) is -0.191. The Morgan fingerprint density at radius 1 is 1.21 bits per heavy atom. The van der Waals surface area contributed by atoms with Crippen LogP contribution in [0.5, 0.6) is 0 Å². The van der Waals surface area contributed by atoms with Crippen LogP contribution in [0.1, 0.15) is 5.56 Å². The van der Waals surface area contributed by atoms with Crippen LogP contribution in [0.2, 0.25) is 0 Å². The van der Waals surface area contributed by atoms with Crippen molar-refractivity contribution in [1.29, 1.82) is 0 Å². The van der Waals surface area contributed by atoms with E-state index < -0.39 is 31.6 Å². The Bertz CT molecular complexity index is 658. The van der Waals surface area contributed by atoms with Crippen molar-refractivity contribution in [2.75, 3.05) is 12.3 Å². The highest BCUT2D eigenvalue weighted by Gasteiger charge is 2.16. The largest absolute Gasteiger partial charge is 0.326 e. The quantitative estimate of drug-likeness (QED) is 0.610. The number of nitrogens with one attached hydrogen (secondary N) is 1. The van der Waals surface area contributed by atoms with E-state index in [2.05, 4.69) is 4.72 Å². The number of nitrogens with two attached hydrogens (primary N) is 2. The number of hydrogen-bond acceptors (Lipinski definition) is 5. The summed E-state index contributed by atoms with van der Waals surface area (Å²) in [7, 11) is -7.68. The third kappa shape index (κ3) is 4.84. The van der Waals surface area contributed by atoms with Crippen molar-refractivity contribution in [3.63, 3.8) is 0 Å². The molecule has 0 saturated carbocycles. The third-order valence-electron chi connectivity index (χ3n) is 2.23. The van der Waals surface area contributed by atoms with E-state index in [4.69, 9.17) is 10.9 Å². The molecule has 0 aromatic heterocycles. The van der Waals surface area contributed by atoms with Crippen molar-refractivity contribution in [3.05, 3.63) is 29.6 Å². The lowest BCUT2D eigenvalue weighted by atomic mass is 10.2. The minimum atomic E-state index is -3.92. The molecular weight excluding hydrogens is 297 g/mol. The lowest BCUT2D eigenvalue weighted by Gasteiger charge is -2.08. The second kappa shape index (κ2) is 5.92. The smallest absolute Gasteiger partial charge is 0.240 e. The van der Waals surface area contributed by atoms with Gasteiger partial charge in [-0.3, -0.25) is 0 Å². The maximum absolute atomic E-state index is 13.2. The van der Waals surface area contributed by atoms with E-state index in [0.29, 0.717) is 0 Å². The van der Waals surface area contributed by atoms with Crippen LogP contribution in [0, 0.1) is 5.82 Å². The average molecular weight is 311 g/mol. The summed E-state index contributed by atoms with van der Waals surface area (Å²) in [6, 6.07) is 3.14. The number of hydrogen-bond donors (Lipinski definition) is 3. The number of benzene rings is 1. The number of halogens is 1. The number of sulfonamides is 2. The van der Waals surface area contributed by atoms with Gasteiger partial charge in [0.1, 0.15) is 5.82 Å². The molecule has 10 heteroatoms. The first-order chi connectivity index (χ1) is 8.65. The highest BCUT2D eigenvalue weighted by atomic mass is 32.2. The van der Waals surface area contributed by atoms with Crippen molar-refractivity contribution in [1.82, 2.24) is 4.72 Å². The Kier molecular flexibility index (Phi) is 4.98. The Morgan fingerprint density at radius 2 is 1.84 bits per heavy atom. The zero-order valence-corrected chi connectivity index (χ0v) is 11.5. The first-order valence-corrected chi connectivity index (χ1v) is 8.34. The van der Waals surface area contributed by atoms with Gasteiger partial charge in [-0.1, -0.05) is 0 Å². The fraction of sp³-hybridized carbons (Fsp3) is 0.333. The Hall–Kier alpha value is -1.07. The van der Waals surface area contributed by atoms with Gasteiger partial charge < -0.3 is 5.73 Å². The van der Waals surface area contributed by atoms with Gasteiger partial charge in [0.2, 0.25) is 20.0 Å². The lowest BCUT2D eigenvalue weighted by Crippen LogP contribution is -2.31. The fourth-order valence-electron chi connectivity index (χ4n) is 1.28. The average Bonchev–Trinajstić information content (AvgIpc) is 2.27. The van der Waals surface area contributed by atoms with Crippen molar-refractivity contribution in [3.8, 4) is 0 Å². The molecule has 0 bridgehead atoms. The van der Waals surface area contributed by atoms with Gasteiger partial charge in [-0.2, -0.15) is 0 Å². The van der Waals surface area contributed by atoms with E-state index in [9.17, 15) is 21.2 Å². The maximum atomic E-state index is 13.2. The van der Waals surface area contributed by atoms with E-state index >= 15 is 0 Å².